The number of hydrogen-bond acceptors (Lipinski definition) is 4. The van der Waals surface area contributed by atoms with Crippen molar-refractivity contribution in [1.82, 2.24) is 19.5 Å². The van der Waals surface area contributed by atoms with E-state index in [1.54, 1.807) is 0 Å². The standard InChI is InChI=1S/C51H32N4O/c1-4-14-33(15-5-1)38-30-31-41-40-20-10-11-23-43(40)55(45(41)32-38)44-24-12-22-42-47-39(21-13-25-46(47)56-48(42)44)34-26-28-37(29-27-34)51-53-49(35-16-6-2-7-17-35)52-50(54-51)36-18-8-3-9-19-36/h1-32H. The van der Waals surface area contributed by atoms with Crippen LogP contribution < -0.4 is 0 Å². The molecule has 0 aliphatic carbocycles. The van der Waals surface area contributed by atoms with Crippen molar-refractivity contribution < 1.29 is 4.42 Å². The lowest BCUT2D eigenvalue weighted by atomic mass is 9.98. The highest BCUT2D eigenvalue weighted by Gasteiger charge is 2.20. The molecule has 5 nitrogen and oxygen atoms in total. The van der Waals surface area contributed by atoms with E-state index in [-0.39, 0.29) is 0 Å². The van der Waals surface area contributed by atoms with Crippen LogP contribution in [-0.4, -0.2) is 19.5 Å². The number of rotatable bonds is 6. The van der Waals surface area contributed by atoms with E-state index in [1.807, 2.05) is 60.7 Å². The molecule has 0 fully saturated rings. The van der Waals surface area contributed by atoms with Crippen molar-refractivity contribution in [3.63, 3.8) is 0 Å². The van der Waals surface area contributed by atoms with Gasteiger partial charge in [0.25, 0.3) is 0 Å². The largest absolute Gasteiger partial charge is 0.454 e. The molecular weight excluding hydrogens is 685 g/mol. The van der Waals surface area contributed by atoms with Crippen LogP contribution in [0.25, 0.3) is 106 Å². The van der Waals surface area contributed by atoms with Gasteiger partial charge >= 0.3 is 0 Å². The van der Waals surface area contributed by atoms with Crippen molar-refractivity contribution in [3.05, 3.63) is 194 Å². The molecule has 0 bridgehead atoms. The lowest BCUT2D eigenvalue weighted by Gasteiger charge is -2.10. The monoisotopic (exact) mass is 716 g/mol. The molecule has 0 radical (unpaired) electrons. The summed E-state index contributed by atoms with van der Waals surface area (Å²) in [6.07, 6.45) is 0. The van der Waals surface area contributed by atoms with Gasteiger partial charge in [-0.2, -0.15) is 0 Å². The average molecular weight is 717 g/mol. The molecule has 3 aromatic heterocycles. The van der Waals surface area contributed by atoms with Crippen molar-refractivity contribution in [2.45, 2.75) is 0 Å². The molecule has 0 atom stereocenters. The van der Waals surface area contributed by atoms with Crippen molar-refractivity contribution in [2.24, 2.45) is 0 Å². The second-order valence-corrected chi connectivity index (χ2v) is 14.0. The molecule has 11 aromatic rings. The van der Waals surface area contributed by atoms with Crippen molar-refractivity contribution in [1.29, 1.82) is 0 Å². The number of fused-ring (bicyclic) bond motifs is 6. The van der Waals surface area contributed by atoms with E-state index in [1.165, 1.54) is 21.9 Å². The lowest BCUT2D eigenvalue weighted by Crippen LogP contribution is -2.00. The van der Waals surface area contributed by atoms with Gasteiger partial charge in [-0.3, -0.25) is 0 Å². The number of furan rings is 1. The summed E-state index contributed by atoms with van der Waals surface area (Å²) in [5.41, 5.74) is 12.3. The minimum Gasteiger partial charge on any atom is -0.454 e. The SMILES string of the molecule is c1ccc(-c2ccc3c4ccccc4n(-c4cccc5c4oc4cccc(-c6ccc(-c7nc(-c8ccccc8)nc(-c8ccccc8)n7)cc6)c45)c3c2)cc1. The van der Waals surface area contributed by atoms with Gasteiger partial charge in [0.1, 0.15) is 5.58 Å². The molecule has 0 saturated heterocycles. The molecule has 0 aliphatic rings. The molecule has 0 aliphatic heterocycles. The van der Waals surface area contributed by atoms with Gasteiger partial charge in [0.05, 0.1) is 16.7 Å². The summed E-state index contributed by atoms with van der Waals surface area (Å²) in [5, 5.41) is 4.57. The Morgan fingerprint density at radius 3 is 1.55 bits per heavy atom. The number of aromatic nitrogens is 4. The van der Waals surface area contributed by atoms with Gasteiger partial charge in [0.15, 0.2) is 23.1 Å². The van der Waals surface area contributed by atoms with Gasteiger partial charge in [0.2, 0.25) is 0 Å². The summed E-state index contributed by atoms with van der Waals surface area (Å²) < 4.78 is 9.20. The van der Waals surface area contributed by atoms with Crippen LogP contribution in [0.15, 0.2) is 199 Å². The quantitative estimate of drug-likeness (QED) is 0.172. The fraction of sp³-hybridized carbons (Fsp3) is 0. The number of hydrogen-bond donors (Lipinski definition) is 0. The van der Waals surface area contributed by atoms with E-state index < -0.39 is 0 Å². The topological polar surface area (TPSA) is 56.7 Å². The van der Waals surface area contributed by atoms with Crippen LogP contribution in [0.5, 0.6) is 0 Å². The minimum absolute atomic E-state index is 0.627. The number of nitrogens with zero attached hydrogens (tertiary/aromatic N) is 4. The minimum atomic E-state index is 0.627. The third-order valence-corrected chi connectivity index (χ3v) is 10.7. The lowest BCUT2D eigenvalue weighted by molar-refractivity contribution is 0.666. The van der Waals surface area contributed by atoms with Gasteiger partial charge in [-0.25, -0.2) is 15.0 Å². The molecule has 5 heteroatoms. The fourth-order valence-electron chi connectivity index (χ4n) is 8.03. The predicted octanol–water partition coefficient (Wildman–Crippen LogP) is 13.2. The average Bonchev–Trinajstić information content (AvgIpc) is 3.83. The highest BCUT2D eigenvalue weighted by atomic mass is 16.3. The summed E-state index contributed by atoms with van der Waals surface area (Å²) in [4.78, 5) is 14.8. The van der Waals surface area contributed by atoms with Crippen molar-refractivity contribution in [3.8, 4) is 62.1 Å². The molecule has 0 unspecified atom stereocenters. The first-order valence-corrected chi connectivity index (χ1v) is 18.8. The van der Waals surface area contributed by atoms with Crippen LogP contribution in [0.2, 0.25) is 0 Å². The Morgan fingerprint density at radius 1 is 0.357 bits per heavy atom. The molecule has 56 heavy (non-hydrogen) atoms. The summed E-state index contributed by atoms with van der Waals surface area (Å²) in [7, 11) is 0. The van der Waals surface area contributed by atoms with Crippen molar-refractivity contribution >= 4 is 43.7 Å². The maximum atomic E-state index is 6.84. The summed E-state index contributed by atoms with van der Waals surface area (Å²) >= 11 is 0. The molecule has 3 heterocycles. The Kier molecular flexibility index (Phi) is 7.42. The Labute approximate surface area is 322 Å². The maximum Gasteiger partial charge on any atom is 0.164 e. The Balaban J connectivity index is 1.05. The van der Waals surface area contributed by atoms with E-state index in [2.05, 4.69) is 138 Å². The Hall–Kier alpha value is -7.63. The summed E-state index contributed by atoms with van der Waals surface area (Å²) in [5.74, 6) is 1.91. The molecule has 8 aromatic carbocycles. The van der Waals surface area contributed by atoms with Crippen LogP contribution in [0.1, 0.15) is 0 Å². The second-order valence-electron chi connectivity index (χ2n) is 14.0. The van der Waals surface area contributed by atoms with E-state index in [4.69, 9.17) is 19.4 Å². The van der Waals surface area contributed by atoms with Crippen LogP contribution >= 0.6 is 0 Å². The highest BCUT2D eigenvalue weighted by Crippen LogP contribution is 2.42. The van der Waals surface area contributed by atoms with Gasteiger partial charge < -0.3 is 8.98 Å². The second kappa shape index (κ2) is 13.0. The Bertz CT molecular complexity index is 3160. The van der Waals surface area contributed by atoms with Crippen LogP contribution in [-0.2, 0) is 0 Å². The van der Waals surface area contributed by atoms with Gasteiger partial charge in [-0.15, -0.1) is 0 Å². The number of benzene rings is 8. The maximum absolute atomic E-state index is 6.84. The Morgan fingerprint density at radius 2 is 0.875 bits per heavy atom. The normalized spacial score (nSPS) is 11.6. The first-order valence-electron chi connectivity index (χ1n) is 18.8. The van der Waals surface area contributed by atoms with Crippen LogP contribution in [0.4, 0.5) is 0 Å². The van der Waals surface area contributed by atoms with Crippen LogP contribution in [0, 0.1) is 0 Å². The van der Waals surface area contributed by atoms with E-state index in [0.717, 1.165) is 66.5 Å². The van der Waals surface area contributed by atoms with Gasteiger partial charge in [-0.1, -0.05) is 170 Å². The van der Waals surface area contributed by atoms with Crippen LogP contribution in [0.3, 0.4) is 0 Å². The molecule has 0 N–H and O–H groups in total. The molecule has 0 saturated carbocycles. The van der Waals surface area contributed by atoms with E-state index >= 15 is 0 Å². The molecule has 0 amide bonds. The zero-order chi connectivity index (χ0) is 37.0. The summed E-state index contributed by atoms with van der Waals surface area (Å²) in [6, 6.07) is 67.4. The third kappa shape index (κ3) is 5.29. The first-order chi connectivity index (χ1) is 27.8. The van der Waals surface area contributed by atoms with Gasteiger partial charge in [-0.05, 0) is 46.5 Å². The third-order valence-electron chi connectivity index (χ3n) is 10.7. The molecular formula is C51H32N4O. The smallest absolute Gasteiger partial charge is 0.164 e. The molecule has 11 rings (SSSR count). The zero-order valence-electron chi connectivity index (χ0n) is 30.2. The first kappa shape index (κ1) is 31.9. The highest BCUT2D eigenvalue weighted by molar-refractivity contribution is 6.16. The van der Waals surface area contributed by atoms with E-state index in [0.29, 0.717) is 17.5 Å². The molecule has 262 valence electrons. The van der Waals surface area contributed by atoms with Crippen molar-refractivity contribution in [2.75, 3.05) is 0 Å². The fourth-order valence-corrected chi connectivity index (χ4v) is 8.03. The number of para-hydroxylation sites is 2. The summed E-state index contributed by atoms with van der Waals surface area (Å²) in [6.45, 7) is 0. The zero-order valence-corrected chi connectivity index (χ0v) is 30.2. The van der Waals surface area contributed by atoms with E-state index in [9.17, 15) is 0 Å². The predicted molar refractivity (Wildman–Crippen MR) is 229 cm³/mol. The van der Waals surface area contributed by atoms with Gasteiger partial charge in [0, 0.05) is 38.2 Å². The molecule has 0 spiro atoms.